The van der Waals surface area contributed by atoms with Crippen molar-refractivity contribution in [3.63, 3.8) is 0 Å². The van der Waals surface area contributed by atoms with Gasteiger partial charge in [0.15, 0.2) is 0 Å². The smallest absolute Gasteiger partial charge is 0.235 e. The van der Waals surface area contributed by atoms with Crippen molar-refractivity contribution in [1.82, 2.24) is 15.8 Å². The van der Waals surface area contributed by atoms with Crippen molar-refractivity contribution in [1.29, 1.82) is 0 Å². The van der Waals surface area contributed by atoms with Crippen LogP contribution >= 0.6 is 34.8 Å². The van der Waals surface area contributed by atoms with Gasteiger partial charge in [-0.3, -0.25) is 15.0 Å². The number of fused-ring (bicyclic) bond motifs is 1. The molecule has 10 heteroatoms. The first-order chi connectivity index (χ1) is 13.8. The van der Waals surface area contributed by atoms with E-state index in [4.69, 9.17) is 34.8 Å². The molecule has 0 radical (unpaired) electrons. The molecule has 1 atom stereocenters. The minimum absolute atomic E-state index is 0.0966. The van der Waals surface area contributed by atoms with Crippen LogP contribution in [0.25, 0.3) is 0 Å². The van der Waals surface area contributed by atoms with Crippen LogP contribution in [0.15, 0.2) is 47.5 Å². The molecule has 0 aromatic heterocycles. The van der Waals surface area contributed by atoms with Crippen LogP contribution in [-0.2, 0) is 15.3 Å². The van der Waals surface area contributed by atoms with Crippen molar-refractivity contribution in [2.45, 2.75) is 12.6 Å². The van der Waals surface area contributed by atoms with Gasteiger partial charge in [0, 0.05) is 28.1 Å². The molecule has 0 spiro atoms. The first-order valence-corrected chi connectivity index (χ1v) is 9.81. The Balaban J connectivity index is 2.24. The first-order valence-electron chi connectivity index (χ1n) is 8.52. The second-order valence-electron chi connectivity index (χ2n) is 6.26. The molecule has 3 N–H and O–H groups in total. The first kappa shape index (κ1) is 21.4. The topological polar surface area (TPSA) is 94.0 Å². The maximum atomic E-state index is 12.0. The lowest BCUT2D eigenvalue weighted by atomic mass is 9.90. The average Bonchev–Trinajstić information content (AvgIpc) is 2.69. The van der Waals surface area contributed by atoms with Crippen LogP contribution in [0.2, 0.25) is 10.0 Å². The number of rotatable bonds is 5. The zero-order valence-electron chi connectivity index (χ0n) is 15.2. The number of carbonyl (C=O) groups excluding carboxylic acids is 2. The van der Waals surface area contributed by atoms with E-state index in [1.165, 1.54) is 11.9 Å². The van der Waals surface area contributed by atoms with Gasteiger partial charge in [0.25, 0.3) is 0 Å². The molecule has 29 heavy (non-hydrogen) atoms. The summed E-state index contributed by atoms with van der Waals surface area (Å²) < 4.78 is 0. The summed E-state index contributed by atoms with van der Waals surface area (Å²) in [5.41, 5.74) is 1.67. The van der Waals surface area contributed by atoms with E-state index in [-0.39, 0.29) is 23.3 Å². The third kappa shape index (κ3) is 4.18. The number of hydrogen-bond acceptors (Lipinski definition) is 5. The summed E-state index contributed by atoms with van der Waals surface area (Å²) in [6.45, 7) is 1.19. The Bertz CT molecular complexity index is 998. The quantitative estimate of drug-likeness (QED) is 0.604. The Labute approximate surface area is 182 Å². The molecule has 1 heterocycles. The normalized spacial score (nSPS) is 18.0. The van der Waals surface area contributed by atoms with E-state index >= 15 is 0 Å². The van der Waals surface area contributed by atoms with Gasteiger partial charge in [-0.2, -0.15) is 0 Å². The Morgan fingerprint density at radius 2 is 1.90 bits per heavy atom. The fourth-order valence-corrected chi connectivity index (χ4v) is 3.57. The van der Waals surface area contributed by atoms with E-state index in [1.54, 1.807) is 42.5 Å². The highest BCUT2D eigenvalue weighted by Crippen LogP contribution is 2.44. The van der Waals surface area contributed by atoms with Crippen LogP contribution < -0.4 is 10.7 Å². The Morgan fingerprint density at radius 1 is 1.17 bits per heavy atom. The third-order valence-corrected chi connectivity index (χ3v) is 5.06. The number of halogens is 3. The molecule has 2 aromatic carbocycles. The van der Waals surface area contributed by atoms with E-state index in [9.17, 15) is 14.7 Å². The van der Waals surface area contributed by atoms with E-state index in [2.05, 4.69) is 15.7 Å². The molecule has 1 aliphatic heterocycles. The maximum Gasteiger partial charge on any atom is 0.235 e. The van der Waals surface area contributed by atoms with Gasteiger partial charge in [-0.15, -0.1) is 11.6 Å². The number of hydrazine groups is 1. The number of aliphatic hydroxyl groups is 1. The van der Waals surface area contributed by atoms with Gasteiger partial charge in [-0.05, 0) is 24.3 Å². The molecule has 0 fully saturated rings. The Kier molecular flexibility index (Phi) is 6.33. The fourth-order valence-electron chi connectivity index (χ4n) is 3.04. The molecule has 0 saturated carbocycles. The predicted molar refractivity (Wildman–Crippen MR) is 112 cm³/mol. The summed E-state index contributed by atoms with van der Waals surface area (Å²) in [5, 5.41) is 16.3. The van der Waals surface area contributed by atoms with Gasteiger partial charge < -0.3 is 10.4 Å². The highest BCUT2D eigenvalue weighted by Gasteiger charge is 2.47. The molecule has 0 aliphatic carbocycles. The monoisotopic (exact) mass is 454 g/mol. The van der Waals surface area contributed by atoms with Gasteiger partial charge in [0.2, 0.25) is 17.5 Å². The molecular weight excluding hydrogens is 439 g/mol. The number of benzene rings is 2. The van der Waals surface area contributed by atoms with Crippen molar-refractivity contribution in [2.75, 3.05) is 12.4 Å². The number of nitrogens with one attached hydrogen (secondary N) is 2. The Morgan fingerprint density at radius 3 is 2.55 bits per heavy atom. The van der Waals surface area contributed by atoms with Gasteiger partial charge >= 0.3 is 0 Å². The number of hydrogen-bond donors (Lipinski definition) is 3. The van der Waals surface area contributed by atoms with Gasteiger partial charge in [-0.25, -0.2) is 10.0 Å². The molecule has 1 unspecified atom stereocenters. The van der Waals surface area contributed by atoms with Crippen molar-refractivity contribution >= 4 is 58.1 Å². The van der Waals surface area contributed by atoms with Gasteiger partial charge in [0.1, 0.15) is 11.7 Å². The van der Waals surface area contributed by atoms with Crippen LogP contribution in [0.5, 0.6) is 0 Å². The minimum atomic E-state index is -1.94. The second-order valence-corrected chi connectivity index (χ2v) is 7.37. The molecule has 2 amide bonds. The summed E-state index contributed by atoms with van der Waals surface area (Å²) in [6, 6.07) is 11.5. The van der Waals surface area contributed by atoms with Crippen LogP contribution in [-0.4, -0.2) is 40.2 Å². The average molecular weight is 456 g/mol. The zero-order chi connectivity index (χ0) is 21.2. The molecule has 0 bridgehead atoms. The number of amides is 2. The SMILES string of the molecule is CC(=O)NN1C(CNC(=O)CCl)=Nc2ccc(Cl)cc2C1(O)c1ccccc1Cl. The summed E-state index contributed by atoms with van der Waals surface area (Å²) in [5.74, 6) is -0.956. The van der Waals surface area contributed by atoms with Crippen LogP contribution in [0.4, 0.5) is 5.69 Å². The lowest BCUT2D eigenvalue weighted by molar-refractivity contribution is -0.132. The zero-order valence-corrected chi connectivity index (χ0v) is 17.5. The van der Waals surface area contributed by atoms with Crippen molar-refractivity contribution in [3.8, 4) is 0 Å². The lowest BCUT2D eigenvalue weighted by Crippen LogP contribution is -2.61. The number of nitrogens with zero attached hydrogens (tertiary/aromatic N) is 2. The highest BCUT2D eigenvalue weighted by atomic mass is 35.5. The minimum Gasteiger partial charge on any atom is -0.362 e. The molecule has 3 rings (SSSR count). The molecule has 2 aromatic rings. The van der Waals surface area contributed by atoms with Gasteiger partial charge in [0.05, 0.1) is 12.2 Å². The second kappa shape index (κ2) is 8.59. The van der Waals surface area contributed by atoms with Crippen LogP contribution in [0, 0.1) is 0 Å². The number of carbonyl (C=O) groups is 2. The molecule has 152 valence electrons. The lowest BCUT2D eigenvalue weighted by Gasteiger charge is -2.44. The fraction of sp³-hybridized carbons (Fsp3) is 0.211. The summed E-state index contributed by atoms with van der Waals surface area (Å²) >= 11 is 18.1. The number of amidine groups is 1. The van der Waals surface area contributed by atoms with E-state index in [0.29, 0.717) is 21.8 Å². The maximum absolute atomic E-state index is 12.0. The predicted octanol–water partition coefficient (Wildman–Crippen LogP) is 2.94. The summed E-state index contributed by atoms with van der Waals surface area (Å²) in [4.78, 5) is 28.1. The summed E-state index contributed by atoms with van der Waals surface area (Å²) in [6.07, 6.45) is 0. The highest BCUT2D eigenvalue weighted by molar-refractivity contribution is 6.32. The standard InChI is InChI=1S/C19H17Cl3N4O3/c1-11(27)25-26-17(10-23-18(28)9-20)24-16-7-6-12(21)8-14(16)19(26,29)13-4-2-3-5-15(13)22/h2-8,29H,9-10H2,1H3,(H,23,28)(H,25,27). The Hall–Kier alpha value is -2.32. The van der Waals surface area contributed by atoms with Crippen LogP contribution in [0.1, 0.15) is 18.1 Å². The van der Waals surface area contributed by atoms with Gasteiger partial charge in [-0.1, -0.05) is 41.4 Å². The van der Waals surface area contributed by atoms with E-state index in [0.717, 1.165) is 0 Å². The van der Waals surface area contributed by atoms with Crippen molar-refractivity contribution in [2.24, 2.45) is 4.99 Å². The van der Waals surface area contributed by atoms with Crippen molar-refractivity contribution in [3.05, 3.63) is 63.6 Å². The van der Waals surface area contributed by atoms with E-state index in [1.807, 2.05) is 0 Å². The molecular formula is C19H17Cl3N4O3. The molecule has 1 aliphatic rings. The molecule has 0 saturated heterocycles. The molecule has 7 nitrogen and oxygen atoms in total. The van der Waals surface area contributed by atoms with Crippen LogP contribution in [0.3, 0.4) is 0 Å². The number of aliphatic imine (C=N–C) groups is 1. The largest absolute Gasteiger partial charge is 0.362 e. The van der Waals surface area contributed by atoms with E-state index < -0.39 is 17.5 Å². The number of alkyl halides is 1. The summed E-state index contributed by atoms with van der Waals surface area (Å²) in [7, 11) is 0. The third-order valence-electron chi connectivity index (χ3n) is 4.25. The van der Waals surface area contributed by atoms with Crippen molar-refractivity contribution < 1.29 is 14.7 Å².